The number of amides is 5. The van der Waals surface area contributed by atoms with Gasteiger partial charge in [0.05, 0.1) is 12.1 Å². The van der Waals surface area contributed by atoms with E-state index in [1.165, 1.54) is 4.90 Å². The van der Waals surface area contributed by atoms with Gasteiger partial charge in [-0.25, -0.2) is 4.79 Å². The average molecular weight is 626 g/mol. The van der Waals surface area contributed by atoms with Crippen LogP contribution in [0.15, 0.2) is 30.3 Å². The van der Waals surface area contributed by atoms with Crippen LogP contribution < -0.4 is 21.7 Å². The number of nitrogens with zero attached hydrogens (tertiary/aromatic N) is 1. The molecule has 2 fully saturated rings. The number of benzene rings is 1. The number of ketones is 2. The van der Waals surface area contributed by atoms with E-state index >= 15 is 0 Å². The molecule has 5 atom stereocenters. The van der Waals surface area contributed by atoms with E-state index in [2.05, 4.69) is 16.0 Å². The number of carbonyl (C=O) groups excluding carboxylic acids is 6. The Morgan fingerprint density at radius 2 is 1.47 bits per heavy atom. The van der Waals surface area contributed by atoms with Gasteiger partial charge in [-0.15, -0.1) is 0 Å². The summed E-state index contributed by atoms with van der Waals surface area (Å²) in [5, 5.41) is 8.42. The van der Waals surface area contributed by atoms with Crippen molar-refractivity contribution in [1.29, 1.82) is 0 Å². The summed E-state index contributed by atoms with van der Waals surface area (Å²) in [6.45, 7) is 11.8. The first-order valence-corrected chi connectivity index (χ1v) is 16.4. The van der Waals surface area contributed by atoms with Gasteiger partial charge in [0.2, 0.25) is 17.6 Å². The molecule has 1 saturated carbocycles. The summed E-state index contributed by atoms with van der Waals surface area (Å²) in [5.41, 5.74) is 5.77. The number of nitrogens with two attached hydrogens (primary N) is 1. The van der Waals surface area contributed by atoms with E-state index in [0.717, 1.165) is 12.8 Å². The minimum absolute atomic E-state index is 0.0472. The highest BCUT2D eigenvalue weighted by atomic mass is 16.2. The molecule has 1 aromatic carbocycles. The molecule has 3 rings (SSSR count). The minimum atomic E-state index is -1.10. The molecule has 11 nitrogen and oxygen atoms in total. The Morgan fingerprint density at radius 1 is 0.867 bits per heavy atom. The largest absolute Gasteiger partial charge is 0.363 e. The molecule has 5 amide bonds. The molecule has 1 aliphatic carbocycles. The molecule has 2 unspecified atom stereocenters. The van der Waals surface area contributed by atoms with Crippen LogP contribution in [0.1, 0.15) is 90.4 Å². The van der Waals surface area contributed by atoms with Gasteiger partial charge in [-0.05, 0) is 42.4 Å². The maximum atomic E-state index is 14.3. The van der Waals surface area contributed by atoms with Crippen molar-refractivity contribution in [3.63, 3.8) is 0 Å². The molecule has 5 N–H and O–H groups in total. The van der Waals surface area contributed by atoms with Crippen molar-refractivity contribution in [2.75, 3.05) is 6.54 Å². The second-order valence-electron chi connectivity index (χ2n) is 13.3. The molecule has 0 radical (unpaired) electrons. The van der Waals surface area contributed by atoms with E-state index in [9.17, 15) is 28.8 Å². The van der Waals surface area contributed by atoms with Gasteiger partial charge < -0.3 is 26.6 Å². The van der Waals surface area contributed by atoms with Gasteiger partial charge in [-0.3, -0.25) is 24.0 Å². The second kappa shape index (κ2) is 16.0. The topological polar surface area (TPSA) is 168 Å². The van der Waals surface area contributed by atoms with Gasteiger partial charge in [0.1, 0.15) is 12.1 Å². The molecule has 0 spiro atoms. The third-order valence-electron chi connectivity index (χ3n) is 9.36. The quantitative estimate of drug-likeness (QED) is 0.163. The molecule has 45 heavy (non-hydrogen) atoms. The molecular weight excluding hydrogens is 574 g/mol. The number of nitrogens with one attached hydrogen (secondary N) is 3. The Kier molecular flexibility index (Phi) is 12.7. The Balaban J connectivity index is 1.85. The van der Waals surface area contributed by atoms with Crippen LogP contribution in [0.2, 0.25) is 0 Å². The smallest absolute Gasteiger partial charge is 0.316 e. The normalized spacial score (nSPS) is 20.1. The lowest BCUT2D eigenvalue weighted by Gasteiger charge is -2.35. The van der Waals surface area contributed by atoms with E-state index in [4.69, 9.17) is 5.73 Å². The summed E-state index contributed by atoms with van der Waals surface area (Å²) < 4.78 is 0. The van der Waals surface area contributed by atoms with Gasteiger partial charge in [0.25, 0.3) is 5.91 Å². The van der Waals surface area contributed by atoms with Gasteiger partial charge in [-0.2, -0.15) is 0 Å². The third-order valence-corrected chi connectivity index (χ3v) is 9.36. The standard InChI is InChI=1S/C34H51N5O6/c1-7-22(8-2)27(38-34(45)37-26(20(5)6)29(40)23-12-10-9-11-13-23)33(44)39-17-16-24(19(3)4)28(39)32(43)36-25(18-21-14-15-21)30(41)31(35)42/h9-13,19-22,24-28H,7-8,14-18H2,1-6H3,(H2,35,42)(H,36,43)(H2,37,38,45)/t24?,25?,26-,27-,28-/m0/s1. The van der Waals surface area contributed by atoms with Crippen LogP contribution in [-0.4, -0.2) is 70.9 Å². The molecule has 0 aromatic heterocycles. The monoisotopic (exact) mass is 625 g/mol. The predicted octanol–water partition coefficient (Wildman–Crippen LogP) is 3.21. The van der Waals surface area contributed by atoms with Crippen LogP contribution in [-0.2, 0) is 19.2 Å². The Morgan fingerprint density at radius 3 is 1.98 bits per heavy atom. The van der Waals surface area contributed by atoms with Gasteiger partial charge in [-0.1, -0.05) is 97.6 Å². The van der Waals surface area contributed by atoms with Crippen LogP contribution in [0.5, 0.6) is 0 Å². The zero-order valence-electron chi connectivity index (χ0n) is 27.5. The third kappa shape index (κ3) is 9.14. The first-order valence-electron chi connectivity index (χ1n) is 16.4. The Hall–Kier alpha value is -3.76. The summed E-state index contributed by atoms with van der Waals surface area (Å²) in [6.07, 6.45) is 3.93. The number of primary amides is 1. The van der Waals surface area contributed by atoms with Crippen molar-refractivity contribution in [2.45, 2.75) is 104 Å². The predicted molar refractivity (Wildman–Crippen MR) is 171 cm³/mol. The first-order chi connectivity index (χ1) is 21.3. The van der Waals surface area contributed by atoms with Crippen LogP contribution >= 0.6 is 0 Å². The summed E-state index contributed by atoms with van der Waals surface area (Å²) in [4.78, 5) is 80.7. The molecule has 2 aliphatic rings. The van der Waals surface area contributed by atoms with Gasteiger partial charge >= 0.3 is 6.03 Å². The second-order valence-corrected chi connectivity index (χ2v) is 13.3. The van der Waals surface area contributed by atoms with E-state index in [1.807, 2.05) is 47.6 Å². The number of rotatable bonds is 16. The fourth-order valence-electron chi connectivity index (χ4n) is 6.41. The summed E-state index contributed by atoms with van der Waals surface area (Å²) in [7, 11) is 0. The highest BCUT2D eigenvalue weighted by molar-refractivity contribution is 6.37. The molecule has 1 aromatic rings. The number of hydrogen-bond donors (Lipinski definition) is 4. The van der Waals surface area contributed by atoms with Crippen molar-refractivity contribution in [3.8, 4) is 0 Å². The SMILES string of the molecule is CCC(CC)[C@H](NC(=O)N[C@H](C(=O)c1ccccc1)C(C)C)C(=O)N1CCC(C(C)C)[C@H]1C(=O)NC(CC1CC1)C(=O)C(N)=O. The summed E-state index contributed by atoms with van der Waals surface area (Å²) >= 11 is 0. The summed E-state index contributed by atoms with van der Waals surface area (Å²) in [6, 6.07) is 4.41. The molecule has 248 valence electrons. The van der Waals surface area contributed by atoms with Crippen LogP contribution in [0.3, 0.4) is 0 Å². The van der Waals surface area contributed by atoms with E-state index in [1.54, 1.807) is 24.3 Å². The maximum Gasteiger partial charge on any atom is 0.316 e. The number of Topliss-reactive ketones (excluding diaryl/α,β-unsaturated/α-hetero) is 2. The summed E-state index contributed by atoms with van der Waals surface area (Å²) in [5.74, 6) is -3.41. The number of hydrogen-bond acceptors (Lipinski definition) is 6. The van der Waals surface area contributed by atoms with Gasteiger partial charge in [0, 0.05) is 12.1 Å². The van der Waals surface area contributed by atoms with Crippen LogP contribution in [0.4, 0.5) is 4.79 Å². The Labute approximate surface area is 266 Å². The molecule has 1 saturated heterocycles. The van der Waals surface area contributed by atoms with Crippen molar-refractivity contribution in [1.82, 2.24) is 20.9 Å². The van der Waals surface area contributed by atoms with Gasteiger partial charge in [0.15, 0.2) is 5.78 Å². The highest BCUT2D eigenvalue weighted by Crippen LogP contribution is 2.35. The lowest BCUT2D eigenvalue weighted by Crippen LogP contribution is -2.60. The van der Waals surface area contributed by atoms with E-state index in [0.29, 0.717) is 37.8 Å². The number of urea groups is 1. The average Bonchev–Trinajstić information content (AvgIpc) is 3.71. The first kappa shape index (κ1) is 35.7. The molecule has 0 bridgehead atoms. The molecule has 11 heteroatoms. The Bertz CT molecular complexity index is 1230. The van der Waals surface area contributed by atoms with Crippen molar-refractivity contribution in [3.05, 3.63) is 35.9 Å². The van der Waals surface area contributed by atoms with Crippen molar-refractivity contribution < 1.29 is 28.8 Å². The molecule has 1 aliphatic heterocycles. The zero-order valence-corrected chi connectivity index (χ0v) is 27.5. The minimum Gasteiger partial charge on any atom is -0.363 e. The zero-order chi connectivity index (χ0) is 33.4. The van der Waals surface area contributed by atoms with Crippen molar-refractivity contribution in [2.24, 2.45) is 35.3 Å². The fraction of sp³-hybridized carbons (Fsp3) is 0.647. The highest BCUT2D eigenvalue weighted by Gasteiger charge is 2.47. The van der Waals surface area contributed by atoms with Crippen LogP contribution in [0, 0.1) is 29.6 Å². The van der Waals surface area contributed by atoms with Crippen LogP contribution in [0.25, 0.3) is 0 Å². The number of carbonyl (C=O) groups is 6. The number of likely N-dealkylation sites (tertiary alicyclic amines) is 1. The lowest BCUT2D eigenvalue weighted by molar-refractivity contribution is -0.144. The molecular formula is C34H51N5O6. The van der Waals surface area contributed by atoms with Crippen molar-refractivity contribution >= 4 is 35.3 Å². The fourth-order valence-corrected chi connectivity index (χ4v) is 6.41. The molecule has 1 heterocycles. The lowest BCUT2D eigenvalue weighted by atomic mass is 9.87. The van der Waals surface area contributed by atoms with E-state index in [-0.39, 0.29) is 35.4 Å². The maximum absolute atomic E-state index is 14.3. The van der Waals surface area contributed by atoms with E-state index < -0.39 is 53.7 Å².